The van der Waals surface area contributed by atoms with Gasteiger partial charge in [0, 0.05) is 38.1 Å². The van der Waals surface area contributed by atoms with E-state index in [0.717, 1.165) is 0 Å². The maximum atomic E-state index is 12.0. The summed E-state index contributed by atoms with van der Waals surface area (Å²) in [6.07, 6.45) is 1.98. The highest BCUT2D eigenvalue weighted by atomic mass is 35.5. The summed E-state index contributed by atoms with van der Waals surface area (Å²) in [5, 5.41) is 15.1. The molecule has 0 saturated carbocycles. The van der Waals surface area contributed by atoms with Crippen LogP contribution in [-0.4, -0.2) is 39.9 Å². The third-order valence-corrected chi connectivity index (χ3v) is 3.46. The first-order valence-corrected chi connectivity index (χ1v) is 8.09. The Kier molecular flexibility index (Phi) is 9.22. The van der Waals surface area contributed by atoms with Crippen molar-refractivity contribution in [1.82, 2.24) is 5.32 Å². The van der Waals surface area contributed by atoms with Gasteiger partial charge in [-0.05, 0) is 13.3 Å². The van der Waals surface area contributed by atoms with Gasteiger partial charge in [0.2, 0.25) is 0 Å². The second kappa shape index (κ2) is 11.2. The third-order valence-electron chi connectivity index (χ3n) is 3.17. The van der Waals surface area contributed by atoms with Crippen LogP contribution in [0.5, 0.6) is 11.5 Å². The number of rotatable bonds is 10. The minimum absolute atomic E-state index is 0.0626. The van der Waals surface area contributed by atoms with Crippen molar-refractivity contribution in [3.8, 4) is 17.6 Å². The number of ether oxygens (including phenoxy) is 3. The molecular formula is C17H22ClN3O4. The summed E-state index contributed by atoms with van der Waals surface area (Å²) in [7, 11) is 2.98. The molecule has 0 aromatic heterocycles. The molecule has 7 nitrogen and oxygen atoms in total. The summed E-state index contributed by atoms with van der Waals surface area (Å²) in [6, 6.07) is 5.06. The zero-order valence-electron chi connectivity index (χ0n) is 14.5. The van der Waals surface area contributed by atoms with Gasteiger partial charge in [-0.25, -0.2) is 0 Å². The second-order valence-electron chi connectivity index (χ2n) is 4.81. The Balaban J connectivity index is 2.77. The fourth-order valence-corrected chi connectivity index (χ4v) is 2.12. The lowest BCUT2D eigenvalue weighted by Crippen LogP contribution is -2.26. The number of hydrogen-bond acceptors (Lipinski definition) is 6. The molecule has 136 valence electrons. The van der Waals surface area contributed by atoms with Gasteiger partial charge in [-0.15, -0.1) is 0 Å². The van der Waals surface area contributed by atoms with Gasteiger partial charge in [-0.2, -0.15) is 5.26 Å². The monoisotopic (exact) mass is 367 g/mol. The van der Waals surface area contributed by atoms with Crippen LogP contribution in [0.15, 0.2) is 23.9 Å². The number of nitrogens with one attached hydrogen (secondary N) is 2. The van der Waals surface area contributed by atoms with E-state index in [9.17, 15) is 4.79 Å². The number of nitrogens with zero attached hydrogens (tertiary/aromatic N) is 1. The molecule has 0 fully saturated rings. The molecule has 0 aliphatic heterocycles. The van der Waals surface area contributed by atoms with Crippen LogP contribution in [0.2, 0.25) is 5.02 Å². The predicted octanol–water partition coefficient (Wildman–Crippen LogP) is 2.72. The molecule has 0 spiro atoms. The van der Waals surface area contributed by atoms with Crippen molar-refractivity contribution in [3.63, 3.8) is 0 Å². The molecule has 0 heterocycles. The highest BCUT2D eigenvalue weighted by Gasteiger charge is 2.11. The molecule has 0 bridgehead atoms. The van der Waals surface area contributed by atoms with E-state index in [0.29, 0.717) is 48.4 Å². The van der Waals surface area contributed by atoms with Gasteiger partial charge < -0.3 is 24.8 Å². The fraction of sp³-hybridized carbons (Fsp3) is 0.412. The molecule has 0 saturated heterocycles. The largest absolute Gasteiger partial charge is 0.495 e. The number of anilines is 1. The maximum absolute atomic E-state index is 12.0. The number of carbonyl (C=O) groups excluding carboxylic acids is 1. The highest BCUT2D eigenvalue weighted by molar-refractivity contribution is 6.32. The van der Waals surface area contributed by atoms with Gasteiger partial charge >= 0.3 is 0 Å². The molecule has 1 rings (SSSR count). The molecule has 1 aromatic carbocycles. The molecule has 0 aliphatic rings. The quantitative estimate of drug-likeness (QED) is 0.375. The van der Waals surface area contributed by atoms with E-state index in [-0.39, 0.29) is 5.57 Å². The van der Waals surface area contributed by atoms with Gasteiger partial charge in [0.05, 0.1) is 24.9 Å². The van der Waals surface area contributed by atoms with Crippen molar-refractivity contribution in [2.24, 2.45) is 0 Å². The minimum atomic E-state index is -0.466. The van der Waals surface area contributed by atoms with Crippen LogP contribution in [0.3, 0.4) is 0 Å². The Morgan fingerprint density at radius 2 is 2.04 bits per heavy atom. The van der Waals surface area contributed by atoms with Gasteiger partial charge in [-0.3, -0.25) is 4.79 Å². The normalized spacial score (nSPS) is 10.8. The molecule has 2 N–H and O–H groups in total. The van der Waals surface area contributed by atoms with Crippen LogP contribution < -0.4 is 20.1 Å². The first-order chi connectivity index (χ1) is 12.1. The van der Waals surface area contributed by atoms with Crippen LogP contribution >= 0.6 is 11.6 Å². The molecule has 0 atom stereocenters. The Bertz CT molecular complexity index is 656. The van der Waals surface area contributed by atoms with Crippen LogP contribution in [0, 0.1) is 11.3 Å². The van der Waals surface area contributed by atoms with E-state index in [2.05, 4.69) is 10.6 Å². The van der Waals surface area contributed by atoms with Crippen LogP contribution in [0.1, 0.15) is 13.3 Å². The molecule has 1 amide bonds. The number of nitriles is 1. The number of benzene rings is 1. The SMILES string of the molecule is CCOCCCNC(=O)/C(C#N)=C\Nc1cc(OC)c(Cl)cc1OC. The topological polar surface area (TPSA) is 92.6 Å². The Morgan fingerprint density at radius 1 is 1.32 bits per heavy atom. The minimum Gasteiger partial charge on any atom is -0.495 e. The molecular weight excluding hydrogens is 346 g/mol. The predicted molar refractivity (Wildman–Crippen MR) is 96.0 cm³/mol. The number of halogens is 1. The van der Waals surface area contributed by atoms with Gasteiger partial charge in [0.15, 0.2) is 0 Å². The van der Waals surface area contributed by atoms with Crippen molar-refractivity contribution in [2.75, 3.05) is 39.3 Å². The third kappa shape index (κ3) is 6.53. The summed E-state index contributed by atoms with van der Waals surface area (Å²) in [4.78, 5) is 12.0. The first kappa shape index (κ1) is 20.6. The van der Waals surface area contributed by atoms with Crippen molar-refractivity contribution in [3.05, 3.63) is 28.9 Å². The van der Waals surface area contributed by atoms with Crippen LogP contribution in [0.4, 0.5) is 5.69 Å². The Morgan fingerprint density at radius 3 is 2.64 bits per heavy atom. The zero-order chi connectivity index (χ0) is 18.7. The molecule has 0 unspecified atom stereocenters. The average molecular weight is 368 g/mol. The second-order valence-corrected chi connectivity index (χ2v) is 5.21. The molecule has 8 heteroatoms. The van der Waals surface area contributed by atoms with Crippen molar-refractivity contribution >= 4 is 23.2 Å². The number of methoxy groups -OCH3 is 2. The van der Waals surface area contributed by atoms with Gasteiger partial charge in [0.1, 0.15) is 23.1 Å². The summed E-state index contributed by atoms with van der Waals surface area (Å²) in [5.41, 5.74) is 0.452. The van der Waals surface area contributed by atoms with E-state index in [1.165, 1.54) is 20.4 Å². The first-order valence-electron chi connectivity index (χ1n) is 7.71. The summed E-state index contributed by atoms with van der Waals surface area (Å²) in [6.45, 7) is 3.52. The maximum Gasteiger partial charge on any atom is 0.263 e. The molecule has 0 aliphatic carbocycles. The highest BCUT2D eigenvalue weighted by Crippen LogP contribution is 2.35. The van der Waals surface area contributed by atoms with E-state index in [4.69, 9.17) is 31.1 Å². The Labute approximate surface area is 152 Å². The zero-order valence-corrected chi connectivity index (χ0v) is 15.3. The lowest BCUT2D eigenvalue weighted by atomic mass is 10.2. The number of carbonyl (C=O) groups is 1. The van der Waals surface area contributed by atoms with Gasteiger partial charge in [-0.1, -0.05) is 11.6 Å². The van der Waals surface area contributed by atoms with Crippen molar-refractivity contribution in [1.29, 1.82) is 5.26 Å². The standard InChI is InChI=1S/C17H22ClN3O4/c1-4-25-7-5-6-20-17(22)12(10-19)11-21-14-9-15(23-2)13(18)8-16(14)24-3/h8-9,11,21H,4-7H2,1-3H3,(H,20,22)/b12-11-. The average Bonchev–Trinajstić information content (AvgIpc) is 2.62. The number of hydrogen-bond donors (Lipinski definition) is 2. The summed E-state index contributed by atoms with van der Waals surface area (Å²) < 4.78 is 15.6. The van der Waals surface area contributed by atoms with E-state index < -0.39 is 5.91 Å². The van der Waals surface area contributed by atoms with E-state index in [1.807, 2.05) is 13.0 Å². The Hall–Kier alpha value is -2.43. The fourth-order valence-electron chi connectivity index (χ4n) is 1.89. The molecule has 0 radical (unpaired) electrons. The summed E-state index contributed by atoms with van der Waals surface area (Å²) >= 11 is 6.04. The van der Waals surface area contributed by atoms with Crippen molar-refractivity contribution < 1.29 is 19.0 Å². The summed E-state index contributed by atoms with van der Waals surface area (Å²) in [5.74, 6) is 0.431. The number of amides is 1. The van der Waals surface area contributed by atoms with E-state index >= 15 is 0 Å². The van der Waals surface area contributed by atoms with Crippen molar-refractivity contribution in [2.45, 2.75) is 13.3 Å². The van der Waals surface area contributed by atoms with Crippen LogP contribution in [0.25, 0.3) is 0 Å². The smallest absolute Gasteiger partial charge is 0.263 e. The van der Waals surface area contributed by atoms with E-state index in [1.54, 1.807) is 12.1 Å². The lowest BCUT2D eigenvalue weighted by Gasteiger charge is -2.12. The molecule has 1 aromatic rings. The van der Waals surface area contributed by atoms with Gasteiger partial charge in [0.25, 0.3) is 5.91 Å². The van der Waals surface area contributed by atoms with Crippen LogP contribution in [-0.2, 0) is 9.53 Å². The molecule has 25 heavy (non-hydrogen) atoms. The lowest BCUT2D eigenvalue weighted by molar-refractivity contribution is -0.117.